The van der Waals surface area contributed by atoms with Crippen LogP contribution in [0.4, 0.5) is 0 Å². The van der Waals surface area contributed by atoms with Crippen LogP contribution < -0.4 is 14.6 Å². The highest BCUT2D eigenvalue weighted by Gasteiger charge is 2.04. The van der Waals surface area contributed by atoms with Gasteiger partial charge >= 0.3 is 10.3 Å². The van der Waals surface area contributed by atoms with Gasteiger partial charge in [-0.2, -0.15) is 13.6 Å². The minimum atomic E-state index is -4.01. The van der Waals surface area contributed by atoms with E-state index in [0.29, 0.717) is 13.0 Å². The molecule has 3 N–H and O–H groups in total. The molecule has 0 unspecified atom stereocenters. The first-order chi connectivity index (χ1) is 11.4. The fourth-order valence-electron chi connectivity index (χ4n) is 1.97. The van der Waals surface area contributed by atoms with Crippen molar-refractivity contribution in [3.8, 4) is 5.75 Å². The average molecular weight is 346 g/mol. The summed E-state index contributed by atoms with van der Waals surface area (Å²) < 4.78 is 26.1. The molecule has 2 rings (SSSR count). The number of carbonyl (C=O) groups is 1. The van der Waals surface area contributed by atoms with Gasteiger partial charge in [0.05, 0.1) is 0 Å². The second kappa shape index (κ2) is 8.28. The number of hydrogen-bond donors (Lipinski definition) is 2. The first-order valence-corrected chi connectivity index (χ1v) is 8.72. The number of nitrogens with one attached hydrogen (secondary N) is 1. The summed E-state index contributed by atoms with van der Waals surface area (Å²) in [7, 11) is -4.01. The van der Waals surface area contributed by atoms with Crippen LogP contribution in [0.2, 0.25) is 0 Å². The summed E-state index contributed by atoms with van der Waals surface area (Å²) in [6.07, 6.45) is 3.84. The molecule has 0 heterocycles. The summed E-state index contributed by atoms with van der Waals surface area (Å²) in [6.45, 7) is 0.466. The number of carbonyl (C=O) groups excluding carboxylic acids is 1. The van der Waals surface area contributed by atoms with Crippen molar-refractivity contribution in [3.05, 3.63) is 71.8 Å². The molecule has 0 aromatic heterocycles. The lowest BCUT2D eigenvalue weighted by Gasteiger charge is -2.05. The number of rotatable bonds is 7. The molecular formula is C17H18N2O4S. The van der Waals surface area contributed by atoms with Gasteiger partial charge in [-0.25, -0.2) is 0 Å². The van der Waals surface area contributed by atoms with E-state index in [9.17, 15) is 13.2 Å². The van der Waals surface area contributed by atoms with Gasteiger partial charge in [-0.3, -0.25) is 4.79 Å². The lowest BCUT2D eigenvalue weighted by Crippen LogP contribution is -2.23. The zero-order chi connectivity index (χ0) is 17.4. The van der Waals surface area contributed by atoms with Crippen LogP contribution in [-0.2, 0) is 21.5 Å². The van der Waals surface area contributed by atoms with Gasteiger partial charge in [0.1, 0.15) is 5.75 Å². The van der Waals surface area contributed by atoms with E-state index in [0.717, 1.165) is 11.1 Å². The first-order valence-electron chi connectivity index (χ1n) is 7.24. The maximum atomic E-state index is 11.7. The summed E-state index contributed by atoms with van der Waals surface area (Å²) in [5.74, 6) is -0.0240. The van der Waals surface area contributed by atoms with Gasteiger partial charge in [0.25, 0.3) is 0 Å². The summed E-state index contributed by atoms with van der Waals surface area (Å²) in [5, 5.41) is 7.57. The molecule has 2 aromatic rings. The maximum absolute atomic E-state index is 11.7. The third-order valence-corrected chi connectivity index (χ3v) is 3.50. The third kappa shape index (κ3) is 6.64. The largest absolute Gasteiger partial charge is 0.380 e. The molecule has 0 radical (unpaired) electrons. The molecule has 1 amide bonds. The fourth-order valence-corrected chi connectivity index (χ4v) is 2.35. The molecule has 0 bridgehead atoms. The zero-order valence-corrected chi connectivity index (χ0v) is 13.7. The Kier molecular flexibility index (Phi) is 6.11. The van der Waals surface area contributed by atoms with Crippen LogP contribution in [0.25, 0.3) is 6.08 Å². The quantitative estimate of drug-likeness (QED) is 0.745. The highest BCUT2D eigenvalue weighted by molar-refractivity contribution is 7.84. The van der Waals surface area contributed by atoms with Gasteiger partial charge in [-0.05, 0) is 35.8 Å². The molecule has 0 spiro atoms. The lowest BCUT2D eigenvalue weighted by molar-refractivity contribution is -0.116. The molecule has 0 fully saturated rings. The van der Waals surface area contributed by atoms with Gasteiger partial charge in [0.15, 0.2) is 0 Å². The van der Waals surface area contributed by atoms with Crippen LogP contribution in [0.5, 0.6) is 5.75 Å². The molecule has 0 saturated heterocycles. The summed E-state index contributed by atoms with van der Waals surface area (Å²) in [6, 6.07) is 16.0. The Morgan fingerprint density at radius 1 is 1.08 bits per heavy atom. The predicted octanol–water partition coefficient (Wildman–Crippen LogP) is 1.64. The van der Waals surface area contributed by atoms with E-state index in [4.69, 9.17) is 5.14 Å². The van der Waals surface area contributed by atoms with Gasteiger partial charge in [0, 0.05) is 12.6 Å². The van der Waals surface area contributed by atoms with E-state index in [-0.39, 0.29) is 11.7 Å². The third-order valence-electron chi connectivity index (χ3n) is 3.08. The zero-order valence-electron chi connectivity index (χ0n) is 12.9. The van der Waals surface area contributed by atoms with Crippen LogP contribution >= 0.6 is 0 Å². The van der Waals surface area contributed by atoms with Crippen molar-refractivity contribution in [1.82, 2.24) is 5.32 Å². The normalized spacial score (nSPS) is 11.4. The van der Waals surface area contributed by atoms with Gasteiger partial charge in [-0.15, -0.1) is 0 Å². The minimum absolute atomic E-state index is 0.149. The summed E-state index contributed by atoms with van der Waals surface area (Å²) in [5.41, 5.74) is 1.89. The number of benzene rings is 2. The Morgan fingerprint density at radius 2 is 1.75 bits per heavy atom. The lowest BCUT2D eigenvalue weighted by atomic mass is 10.1. The predicted molar refractivity (Wildman–Crippen MR) is 92.4 cm³/mol. The topological polar surface area (TPSA) is 98.5 Å². The Balaban J connectivity index is 1.77. The molecule has 2 aromatic carbocycles. The van der Waals surface area contributed by atoms with E-state index in [2.05, 4.69) is 9.50 Å². The SMILES string of the molecule is NS(=O)(=O)Oc1ccc(CCNC(=O)/C=C/c2ccccc2)cc1. The molecule has 6 nitrogen and oxygen atoms in total. The van der Waals surface area contributed by atoms with E-state index in [1.165, 1.54) is 18.2 Å². The van der Waals surface area contributed by atoms with E-state index in [1.807, 2.05) is 30.3 Å². The van der Waals surface area contributed by atoms with Crippen molar-refractivity contribution in [2.24, 2.45) is 5.14 Å². The molecule has 7 heteroatoms. The molecule has 0 atom stereocenters. The van der Waals surface area contributed by atoms with E-state index < -0.39 is 10.3 Å². The highest BCUT2D eigenvalue weighted by atomic mass is 32.2. The Hall–Kier alpha value is -2.64. The highest BCUT2D eigenvalue weighted by Crippen LogP contribution is 2.13. The number of hydrogen-bond acceptors (Lipinski definition) is 4. The molecule has 0 saturated carbocycles. The van der Waals surface area contributed by atoms with Crippen LogP contribution in [-0.4, -0.2) is 20.9 Å². The molecule has 0 aliphatic heterocycles. The van der Waals surface area contributed by atoms with Gasteiger partial charge in [-0.1, -0.05) is 42.5 Å². The molecular weight excluding hydrogens is 328 g/mol. The number of amides is 1. The van der Waals surface area contributed by atoms with E-state index >= 15 is 0 Å². The first kappa shape index (κ1) is 17.7. The van der Waals surface area contributed by atoms with Crippen molar-refractivity contribution in [1.29, 1.82) is 0 Å². The van der Waals surface area contributed by atoms with Crippen LogP contribution in [0.1, 0.15) is 11.1 Å². The smallest absolute Gasteiger partial charge is 0.371 e. The second-order valence-corrected chi connectivity index (χ2v) is 6.16. The molecule has 24 heavy (non-hydrogen) atoms. The van der Waals surface area contributed by atoms with Gasteiger partial charge in [0.2, 0.25) is 5.91 Å². The van der Waals surface area contributed by atoms with Crippen molar-refractivity contribution >= 4 is 22.3 Å². The number of nitrogens with two attached hydrogens (primary N) is 1. The van der Waals surface area contributed by atoms with Crippen molar-refractivity contribution in [2.45, 2.75) is 6.42 Å². The van der Waals surface area contributed by atoms with Gasteiger partial charge < -0.3 is 9.50 Å². The monoisotopic (exact) mass is 346 g/mol. The molecule has 0 aliphatic carbocycles. The summed E-state index contributed by atoms with van der Waals surface area (Å²) >= 11 is 0. The maximum Gasteiger partial charge on any atom is 0.380 e. The Bertz CT molecular complexity index is 800. The fraction of sp³-hybridized carbons (Fsp3) is 0.118. The molecule has 0 aliphatic rings. The standard InChI is InChI=1S/C17H18N2O4S/c18-24(21,22)23-16-9-6-15(7-10-16)12-13-19-17(20)11-8-14-4-2-1-3-5-14/h1-11H,12-13H2,(H,19,20)(H2,18,21,22)/b11-8+. The van der Waals surface area contributed by atoms with Crippen LogP contribution in [0, 0.1) is 0 Å². The van der Waals surface area contributed by atoms with Crippen LogP contribution in [0.15, 0.2) is 60.7 Å². The Labute approximate surface area is 141 Å². The van der Waals surface area contributed by atoms with Crippen molar-refractivity contribution in [2.75, 3.05) is 6.54 Å². The molecule has 126 valence electrons. The minimum Gasteiger partial charge on any atom is -0.371 e. The van der Waals surface area contributed by atoms with Crippen molar-refractivity contribution in [3.63, 3.8) is 0 Å². The summed E-state index contributed by atoms with van der Waals surface area (Å²) in [4.78, 5) is 11.7. The van der Waals surface area contributed by atoms with E-state index in [1.54, 1.807) is 18.2 Å². The average Bonchev–Trinajstić information content (AvgIpc) is 2.54. The van der Waals surface area contributed by atoms with Crippen LogP contribution in [0.3, 0.4) is 0 Å². The van der Waals surface area contributed by atoms with Crippen molar-refractivity contribution < 1.29 is 17.4 Å². The Morgan fingerprint density at radius 3 is 2.38 bits per heavy atom. The second-order valence-electron chi connectivity index (χ2n) is 5.01.